The molecule has 6 nitrogen and oxygen atoms in total. The Balaban J connectivity index is 1.77. The summed E-state index contributed by atoms with van der Waals surface area (Å²) in [5, 5.41) is 0. The van der Waals surface area contributed by atoms with Gasteiger partial charge in [0.25, 0.3) is 5.67 Å². The lowest BCUT2D eigenvalue weighted by Crippen LogP contribution is -2.51. The fourth-order valence-electron chi connectivity index (χ4n) is 4.99. The standard InChI is InChI=1S/C33H30F6O6S2/c1-19-7-11-27(12-8-19)46(40,41)44-29-21(3)15-25(16-22(29)4)31(34,33(37,38)39)32(35,36)26-17-23(5)30(24(6)18-26)45-47(42,43)28-13-9-20(2)10-14-28/h7-18H,1-6H3. The molecule has 1 unspecified atom stereocenters. The van der Waals surface area contributed by atoms with Gasteiger partial charge in [0.1, 0.15) is 21.3 Å². The summed E-state index contributed by atoms with van der Waals surface area (Å²) in [7, 11) is -8.95. The highest BCUT2D eigenvalue weighted by molar-refractivity contribution is 7.87. The maximum absolute atomic E-state index is 16.4. The first-order valence-corrected chi connectivity index (χ1v) is 16.7. The molecule has 0 fully saturated rings. The molecule has 4 aromatic rings. The summed E-state index contributed by atoms with van der Waals surface area (Å²) < 4.78 is 154. The fourth-order valence-corrected chi connectivity index (χ4v) is 7.09. The zero-order valence-electron chi connectivity index (χ0n) is 26.0. The maximum Gasteiger partial charge on any atom is 0.433 e. The van der Waals surface area contributed by atoms with Crippen LogP contribution in [0.25, 0.3) is 0 Å². The van der Waals surface area contributed by atoms with Crippen molar-refractivity contribution in [3.8, 4) is 11.5 Å². The molecular formula is C33H30F6O6S2. The van der Waals surface area contributed by atoms with E-state index in [9.17, 15) is 30.0 Å². The molecule has 47 heavy (non-hydrogen) atoms. The van der Waals surface area contributed by atoms with Crippen LogP contribution in [0, 0.1) is 41.5 Å². The van der Waals surface area contributed by atoms with Crippen LogP contribution in [-0.2, 0) is 31.8 Å². The van der Waals surface area contributed by atoms with Crippen LogP contribution in [0.2, 0.25) is 0 Å². The van der Waals surface area contributed by atoms with Crippen LogP contribution < -0.4 is 8.37 Å². The van der Waals surface area contributed by atoms with E-state index >= 15 is 13.2 Å². The summed E-state index contributed by atoms with van der Waals surface area (Å²) in [6, 6.07) is 13.0. The van der Waals surface area contributed by atoms with Crippen LogP contribution in [0.3, 0.4) is 0 Å². The molecular weight excluding hydrogens is 670 g/mol. The van der Waals surface area contributed by atoms with Crippen molar-refractivity contribution in [3.05, 3.63) is 117 Å². The highest BCUT2D eigenvalue weighted by atomic mass is 32.2. The molecule has 0 amide bonds. The quantitative estimate of drug-likeness (QED) is 0.128. The Labute approximate surface area is 269 Å². The second-order valence-corrected chi connectivity index (χ2v) is 14.4. The highest BCUT2D eigenvalue weighted by Gasteiger charge is 2.72. The van der Waals surface area contributed by atoms with Crippen LogP contribution >= 0.6 is 0 Å². The minimum absolute atomic E-state index is 0.249. The predicted octanol–water partition coefficient (Wildman–Crippen LogP) is 8.59. The van der Waals surface area contributed by atoms with E-state index in [-0.39, 0.29) is 32.0 Å². The van der Waals surface area contributed by atoms with Gasteiger partial charge in [-0.2, -0.15) is 38.8 Å². The first-order chi connectivity index (χ1) is 21.5. The van der Waals surface area contributed by atoms with E-state index in [0.717, 1.165) is 38.8 Å². The van der Waals surface area contributed by atoms with Crippen LogP contribution in [0.1, 0.15) is 44.5 Å². The number of alkyl halides is 6. The van der Waals surface area contributed by atoms with Gasteiger partial charge in [0, 0.05) is 11.1 Å². The molecule has 0 aliphatic carbocycles. The Morgan fingerprint density at radius 2 is 0.787 bits per heavy atom. The predicted molar refractivity (Wildman–Crippen MR) is 163 cm³/mol. The zero-order chi connectivity index (χ0) is 35.3. The number of halogens is 6. The smallest absolute Gasteiger partial charge is 0.378 e. The molecule has 0 saturated carbocycles. The van der Waals surface area contributed by atoms with Gasteiger partial charge >= 0.3 is 32.3 Å². The van der Waals surface area contributed by atoms with Crippen molar-refractivity contribution >= 4 is 20.2 Å². The van der Waals surface area contributed by atoms with Gasteiger partial charge in [-0.05, 0) is 112 Å². The third-order valence-corrected chi connectivity index (χ3v) is 9.98. The molecule has 4 rings (SSSR count). The van der Waals surface area contributed by atoms with Crippen molar-refractivity contribution < 1.29 is 51.5 Å². The Hall–Kier alpha value is -4.04. The second-order valence-electron chi connectivity index (χ2n) is 11.3. The Morgan fingerprint density at radius 1 is 0.489 bits per heavy atom. The number of aryl methyl sites for hydroxylation is 6. The van der Waals surface area contributed by atoms with Gasteiger partial charge < -0.3 is 8.37 Å². The third-order valence-electron chi connectivity index (χ3n) is 7.51. The summed E-state index contributed by atoms with van der Waals surface area (Å²) in [6.45, 7) is 7.90. The monoisotopic (exact) mass is 700 g/mol. The Morgan fingerprint density at radius 3 is 1.09 bits per heavy atom. The molecule has 1 atom stereocenters. The van der Waals surface area contributed by atoms with Crippen molar-refractivity contribution in [2.45, 2.75) is 69.1 Å². The van der Waals surface area contributed by atoms with Crippen LogP contribution in [0.4, 0.5) is 26.3 Å². The van der Waals surface area contributed by atoms with E-state index in [2.05, 4.69) is 0 Å². The number of hydrogen-bond donors (Lipinski definition) is 0. The largest absolute Gasteiger partial charge is 0.433 e. The molecule has 0 saturated heterocycles. The van der Waals surface area contributed by atoms with E-state index in [4.69, 9.17) is 8.37 Å². The van der Waals surface area contributed by atoms with E-state index < -0.39 is 60.6 Å². The lowest BCUT2D eigenvalue weighted by atomic mass is 9.82. The molecule has 4 aromatic carbocycles. The van der Waals surface area contributed by atoms with Gasteiger partial charge in [-0.3, -0.25) is 0 Å². The molecule has 14 heteroatoms. The molecule has 0 aliphatic heterocycles. The molecule has 0 bridgehead atoms. The summed E-state index contributed by atoms with van der Waals surface area (Å²) in [5.41, 5.74) is -8.01. The van der Waals surface area contributed by atoms with Gasteiger partial charge in [0.15, 0.2) is 0 Å². The first-order valence-electron chi connectivity index (χ1n) is 13.9. The normalized spacial score (nSPS) is 14.0. The van der Waals surface area contributed by atoms with E-state index in [0.29, 0.717) is 24.3 Å². The van der Waals surface area contributed by atoms with Gasteiger partial charge in [-0.25, -0.2) is 4.39 Å². The molecule has 0 aliphatic rings. The zero-order valence-corrected chi connectivity index (χ0v) is 27.6. The summed E-state index contributed by atoms with van der Waals surface area (Å²) in [6.07, 6.45) is -6.18. The van der Waals surface area contributed by atoms with E-state index in [1.807, 2.05) is 0 Å². The van der Waals surface area contributed by atoms with Crippen molar-refractivity contribution in [3.63, 3.8) is 0 Å². The van der Waals surface area contributed by atoms with Crippen LogP contribution in [0.5, 0.6) is 11.5 Å². The van der Waals surface area contributed by atoms with Gasteiger partial charge in [0.05, 0.1) is 0 Å². The minimum Gasteiger partial charge on any atom is -0.378 e. The van der Waals surface area contributed by atoms with Crippen molar-refractivity contribution in [1.29, 1.82) is 0 Å². The van der Waals surface area contributed by atoms with Gasteiger partial charge in [0.2, 0.25) is 0 Å². The van der Waals surface area contributed by atoms with Crippen LogP contribution in [0.15, 0.2) is 82.6 Å². The highest BCUT2D eigenvalue weighted by Crippen LogP contribution is 2.58. The lowest BCUT2D eigenvalue weighted by Gasteiger charge is -2.36. The summed E-state index contributed by atoms with van der Waals surface area (Å²) in [4.78, 5) is -0.515. The van der Waals surface area contributed by atoms with E-state index in [1.165, 1.54) is 48.5 Å². The molecule has 252 valence electrons. The molecule has 0 heterocycles. The molecule has 0 N–H and O–H groups in total. The first kappa shape index (κ1) is 35.8. The van der Waals surface area contributed by atoms with E-state index in [1.54, 1.807) is 13.8 Å². The lowest BCUT2D eigenvalue weighted by molar-refractivity contribution is -0.314. The fraction of sp³-hybridized carbons (Fsp3) is 0.273. The Bertz CT molecular complexity index is 1990. The molecule has 0 aromatic heterocycles. The summed E-state index contributed by atoms with van der Waals surface area (Å²) in [5.74, 6) is -6.14. The van der Waals surface area contributed by atoms with Gasteiger partial charge in [-0.1, -0.05) is 35.4 Å². The van der Waals surface area contributed by atoms with Crippen molar-refractivity contribution in [1.82, 2.24) is 0 Å². The number of hydrogen-bond acceptors (Lipinski definition) is 6. The molecule has 0 radical (unpaired) electrons. The van der Waals surface area contributed by atoms with Crippen molar-refractivity contribution in [2.75, 3.05) is 0 Å². The third kappa shape index (κ3) is 6.71. The topological polar surface area (TPSA) is 86.7 Å². The average molecular weight is 701 g/mol. The van der Waals surface area contributed by atoms with Gasteiger partial charge in [-0.15, -0.1) is 0 Å². The number of rotatable bonds is 9. The van der Waals surface area contributed by atoms with Crippen LogP contribution in [-0.4, -0.2) is 23.0 Å². The SMILES string of the molecule is Cc1ccc(S(=O)(=O)Oc2c(C)cc(C(F)(F)C(F)(c3cc(C)c(OS(=O)(=O)c4ccc(C)cc4)c(C)c3)C(F)(F)F)cc2C)cc1. The minimum atomic E-state index is -6.18. The summed E-state index contributed by atoms with van der Waals surface area (Å²) >= 11 is 0. The average Bonchev–Trinajstić information content (AvgIpc) is 2.96. The second kappa shape index (κ2) is 12.2. The molecule has 0 spiro atoms. The number of benzene rings is 4. The maximum atomic E-state index is 16.4. The Kier molecular flexibility index (Phi) is 9.30. The van der Waals surface area contributed by atoms with Crippen molar-refractivity contribution in [2.24, 2.45) is 0 Å².